The third-order valence-electron chi connectivity index (χ3n) is 2.77. The molecular weight excluding hydrogens is 232 g/mol. The zero-order valence-corrected chi connectivity index (χ0v) is 10.2. The van der Waals surface area contributed by atoms with Gasteiger partial charge in [-0.15, -0.1) is 0 Å². The fourth-order valence-corrected chi connectivity index (χ4v) is 1.89. The van der Waals surface area contributed by atoms with Crippen LogP contribution in [0.5, 0.6) is 0 Å². The minimum absolute atomic E-state index is 0.311. The average molecular weight is 247 g/mol. The van der Waals surface area contributed by atoms with Gasteiger partial charge in [-0.3, -0.25) is 0 Å². The summed E-state index contributed by atoms with van der Waals surface area (Å²) in [6.45, 7) is 3.48. The third kappa shape index (κ3) is 2.93. The first kappa shape index (κ1) is 12.7. The largest absolute Gasteiger partial charge is 0.313 e. The van der Waals surface area contributed by atoms with Gasteiger partial charge in [0.1, 0.15) is 11.6 Å². The molecule has 0 aliphatic rings. The lowest BCUT2D eigenvalue weighted by Gasteiger charge is -2.10. The lowest BCUT2D eigenvalue weighted by Crippen LogP contribution is -2.12. The standard InChI is InChI=1S/C15H15F2N/c1-2-18-10-12-6-7-14(17)9-15(12)11-4-3-5-13(16)8-11/h3-9,18H,2,10H2,1H3. The molecule has 0 saturated heterocycles. The van der Waals surface area contributed by atoms with Gasteiger partial charge in [-0.1, -0.05) is 25.1 Å². The van der Waals surface area contributed by atoms with Crippen LogP contribution in [0.1, 0.15) is 12.5 Å². The second-order valence-corrected chi connectivity index (χ2v) is 4.09. The van der Waals surface area contributed by atoms with Crippen LogP contribution in [0.25, 0.3) is 11.1 Å². The Morgan fingerprint density at radius 3 is 2.50 bits per heavy atom. The summed E-state index contributed by atoms with van der Waals surface area (Å²) in [5.74, 6) is -0.624. The van der Waals surface area contributed by atoms with Crippen molar-refractivity contribution in [3.63, 3.8) is 0 Å². The number of rotatable bonds is 4. The molecule has 0 aromatic heterocycles. The molecule has 2 aromatic carbocycles. The molecule has 94 valence electrons. The van der Waals surface area contributed by atoms with Crippen LogP contribution in [0.2, 0.25) is 0 Å². The van der Waals surface area contributed by atoms with E-state index in [4.69, 9.17) is 0 Å². The number of hydrogen-bond donors (Lipinski definition) is 1. The van der Waals surface area contributed by atoms with Crippen LogP contribution in [-0.2, 0) is 6.54 Å². The van der Waals surface area contributed by atoms with Gasteiger partial charge >= 0.3 is 0 Å². The molecule has 0 amide bonds. The monoisotopic (exact) mass is 247 g/mol. The number of nitrogens with one attached hydrogen (secondary N) is 1. The topological polar surface area (TPSA) is 12.0 Å². The van der Waals surface area contributed by atoms with Crippen molar-refractivity contribution < 1.29 is 8.78 Å². The molecule has 0 radical (unpaired) electrons. The maximum absolute atomic E-state index is 13.3. The lowest BCUT2D eigenvalue weighted by atomic mass is 9.99. The summed E-state index contributed by atoms with van der Waals surface area (Å²) in [5, 5.41) is 3.19. The molecule has 0 saturated carbocycles. The summed E-state index contributed by atoms with van der Waals surface area (Å²) in [5.41, 5.74) is 2.39. The Hall–Kier alpha value is -1.74. The second-order valence-electron chi connectivity index (χ2n) is 4.09. The maximum atomic E-state index is 13.3. The highest BCUT2D eigenvalue weighted by molar-refractivity contribution is 5.67. The molecule has 18 heavy (non-hydrogen) atoms. The van der Waals surface area contributed by atoms with Crippen LogP contribution in [0.15, 0.2) is 42.5 Å². The van der Waals surface area contributed by atoms with Crippen molar-refractivity contribution in [1.82, 2.24) is 5.32 Å². The molecule has 0 spiro atoms. The van der Waals surface area contributed by atoms with Gasteiger partial charge in [0.05, 0.1) is 0 Å². The van der Waals surface area contributed by atoms with Crippen molar-refractivity contribution in [3.05, 3.63) is 59.7 Å². The van der Waals surface area contributed by atoms with Gasteiger partial charge in [-0.25, -0.2) is 8.78 Å². The van der Waals surface area contributed by atoms with Crippen molar-refractivity contribution in [2.75, 3.05) is 6.54 Å². The first-order valence-corrected chi connectivity index (χ1v) is 5.96. The van der Waals surface area contributed by atoms with E-state index in [2.05, 4.69) is 5.32 Å². The Morgan fingerprint density at radius 1 is 1.00 bits per heavy atom. The van der Waals surface area contributed by atoms with E-state index in [0.29, 0.717) is 12.1 Å². The summed E-state index contributed by atoms with van der Waals surface area (Å²) in [7, 11) is 0. The van der Waals surface area contributed by atoms with Gasteiger partial charge in [0.2, 0.25) is 0 Å². The van der Waals surface area contributed by atoms with Crippen LogP contribution in [0.4, 0.5) is 8.78 Å². The molecule has 0 aliphatic carbocycles. The highest BCUT2D eigenvalue weighted by Gasteiger charge is 2.07. The summed E-state index contributed by atoms with van der Waals surface area (Å²) >= 11 is 0. The molecule has 2 rings (SSSR count). The van der Waals surface area contributed by atoms with E-state index in [9.17, 15) is 8.78 Å². The summed E-state index contributed by atoms with van der Waals surface area (Å²) in [4.78, 5) is 0. The van der Waals surface area contributed by atoms with Gasteiger partial charge in [0.15, 0.2) is 0 Å². The first-order chi connectivity index (χ1) is 8.70. The number of halogens is 2. The Morgan fingerprint density at radius 2 is 1.78 bits per heavy atom. The van der Waals surface area contributed by atoms with Gasteiger partial charge < -0.3 is 5.32 Å². The van der Waals surface area contributed by atoms with Crippen molar-refractivity contribution in [2.24, 2.45) is 0 Å². The van der Waals surface area contributed by atoms with E-state index in [1.807, 2.05) is 6.92 Å². The molecule has 1 N–H and O–H groups in total. The van der Waals surface area contributed by atoms with Crippen molar-refractivity contribution in [3.8, 4) is 11.1 Å². The lowest BCUT2D eigenvalue weighted by molar-refractivity contribution is 0.624. The van der Waals surface area contributed by atoms with E-state index < -0.39 is 0 Å². The van der Waals surface area contributed by atoms with E-state index in [1.54, 1.807) is 18.2 Å². The molecule has 0 fully saturated rings. The second kappa shape index (κ2) is 5.74. The Balaban J connectivity index is 2.44. The van der Waals surface area contributed by atoms with Gasteiger partial charge in [0.25, 0.3) is 0 Å². The molecule has 3 heteroatoms. The van der Waals surface area contributed by atoms with Crippen molar-refractivity contribution in [1.29, 1.82) is 0 Å². The minimum atomic E-state index is -0.314. The van der Waals surface area contributed by atoms with Gasteiger partial charge in [0, 0.05) is 6.54 Å². The predicted molar refractivity (Wildman–Crippen MR) is 69.2 cm³/mol. The molecule has 0 aliphatic heterocycles. The summed E-state index contributed by atoms with van der Waals surface area (Å²) < 4.78 is 26.6. The molecule has 0 bridgehead atoms. The smallest absolute Gasteiger partial charge is 0.123 e. The van der Waals surface area contributed by atoms with Crippen LogP contribution in [0.3, 0.4) is 0 Å². The number of benzene rings is 2. The zero-order valence-electron chi connectivity index (χ0n) is 10.2. The third-order valence-corrected chi connectivity index (χ3v) is 2.77. The Kier molecular flexibility index (Phi) is 4.05. The zero-order chi connectivity index (χ0) is 13.0. The Labute approximate surface area is 105 Å². The van der Waals surface area contributed by atoms with E-state index in [1.165, 1.54) is 24.3 Å². The minimum Gasteiger partial charge on any atom is -0.313 e. The number of hydrogen-bond acceptors (Lipinski definition) is 1. The van der Waals surface area contributed by atoms with E-state index in [0.717, 1.165) is 17.7 Å². The molecule has 0 atom stereocenters. The maximum Gasteiger partial charge on any atom is 0.123 e. The average Bonchev–Trinajstić information content (AvgIpc) is 2.37. The van der Waals surface area contributed by atoms with Crippen LogP contribution in [-0.4, -0.2) is 6.54 Å². The van der Waals surface area contributed by atoms with Crippen LogP contribution >= 0.6 is 0 Å². The highest BCUT2D eigenvalue weighted by atomic mass is 19.1. The summed E-state index contributed by atoms with van der Waals surface area (Å²) in [6.07, 6.45) is 0. The Bertz CT molecular complexity index is 538. The van der Waals surface area contributed by atoms with Crippen LogP contribution < -0.4 is 5.32 Å². The molecule has 2 aromatic rings. The predicted octanol–water partition coefficient (Wildman–Crippen LogP) is 3.74. The van der Waals surface area contributed by atoms with E-state index >= 15 is 0 Å². The first-order valence-electron chi connectivity index (χ1n) is 5.96. The fraction of sp³-hybridized carbons (Fsp3) is 0.200. The van der Waals surface area contributed by atoms with Crippen molar-refractivity contribution >= 4 is 0 Å². The fourth-order valence-electron chi connectivity index (χ4n) is 1.89. The quantitative estimate of drug-likeness (QED) is 0.867. The molecule has 0 unspecified atom stereocenters. The van der Waals surface area contributed by atoms with Gasteiger partial charge in [-0.2, -0.15) is 0 Å². The summed E-state index contributed by atoms with van der Waals surface area (Å²) in [6, 6.07) is 10.8. The molecular formula is C15H15F2N. The van der Waals surface area contributed by atoms with Crippen LogP contribution in [0, 0.1) is 11.6 Å². The molecule has 0 heterocycles. The van der Waals surface area contributed by atoms with Gasteiger partial charge in [-0.05, 0) is 47.5 Å². The highest BCUT2D eigenvalue weighted by Crippen LogP contribution is 2.25. The normalized spacial score (nSPS) is 10.6. The molecule has 1 nitrogen and oxygen atoms in total. The van der Waals surface area contributed by atoms with E-state index in [-0.39, 0.29) is 11.6 Å². The SMILES string of the molecule is CCNCc1ccc(F)cc1-c1cccc(F)c1. The van der Waals surface area contributed by atoms with Crippen molar-refractivity contribution in [2.45, 2.75) is 13.5 Å².